The number of carbonyl (C=O) groups is 4. The second-order valence-electron chi connectivity index (χ2n) is 7.44. The smallest absolute Gasteiger partial charge is 0.353 e. The minimum absolute atomic E-state index is 0.0404. The first-order chi connectivity index (χ1) is 14.2. The van der Waals surface area contributed by atoms with E-state index in [4.69, 9.17) is 0 Å². The molecule has 3 rings (SSSR count). The quantitative estimate of drug-likeness (QED) is 0.536. The number of halogens is 3. The third-order valence-electron chi connectivity index (χ3n) is 5.44. The van der Waals surface area contributed by atoms with E-state index in [9.17, 15) is 32.3 Å². The van der Waals surface area contributed by atoms with Crippen LogP contribution in [-0.2, 0) is 20.6 Å². The molecule has 1 saturated carbocycles. The van der Waals surface area contributed by atoms with Crippen LogP contribution in [0.4, 0.5) is 13.2 Å². The van der Waals surface area contributed by atoms with E-state index in [1.54, 1.807) is 0 Å². The first-order valence-electron chi connectivity index (χ1n) is 9.76. The van der Waals surface area contributed by atoms with Crippen molar-refractivity contribution in [3.63, 3.8) is 0 Å². The topological polar surface area (TPSA) is 95.6 Å². The molecule has 2 aliphatic rings. The van der Waals surface area contributed by atoms with Crippen LogP contribution in [0.15, 0.2) is 24.3 Å². The molecule has 1 aromatic carbocycles. The molecule has 2 N–H and O–H groups in total. The van der Waals surface area contributed by atoms with E-state index in [0.29, 0.717) is 12.8 Å². The van der Waals surface area contributed by atoms with Crippen molar-refractivity contribution >= 4 is 23.6 Å². The van der Waals surface area contributed by atoms with Crippen LogP contribution in [0, 0.1) is 11.8 Å². The molecule has 1 aliphatic heterocycles. The zero-order valence-electron chi connectivity index (χ0n) is 16.1. The Bertz CT molecular complexity index is 815. The van der Waals surface area contributed by atoms with Crippen molar-refractivity contribution in [1.82, 2.24) is 15.5 Å². The molecule has 0 spiro atoms. The largest absolute Gasteiger partial charge is 0.416 e. The molecule has 162 valence electrons. The summed E-state index contributed by atoms with van der Waals surface area (Å²) in [7, 11) is 0. The number of carbonyl (C=O) groups excluding carboxylic acids is 4. The van der Waals surface area contributed by atoms with E-state index in [1.807, 2.05) is 0 Å². The second-order valence-corrected chi connectivity index (χ2v) is 7.44. The average Bonchev–Trinajstić information content (AvgIpc) is 2.95. The maximum Gasteiger partial charge on any atom is 0.416 e. The van der Waals surface area contributed by atoms with Crippen molar-refractivity contribution < 1.29 is 32.3 Å². The lowest BCUT2D eigenvalue weighted by molar-refractivity contribution is -0.143. The van der Waals surface area contributed by atoms with Gasteiger partial charge in [0.25, 0.3) is 5.91 Å². The molecule has 7 nitrogen and oxygen atoms in total. The minimum Gasteiger partial charge on any atom is -0.353 e. The third-order valence-corrected chi connectivity index (χ3v) is 5.44. The molecule has 1 aromatic rings. The molecule has 0 aromatic heterocycles. The number of benzene rings is 1. The first-order valence-corrected chi connectivity index (χ1v) is 9.76. The van der Waals surface area contributed by atoms with Crippen LogP contribution in [-0.4, -0.2) is 48.2 Å². The third kappa shape index (κ3) is 4.80. The first kappa shape index (κ1) is 21.8. The summed E-state index contributed by atoms with van der Waals surface area (Å²) >= 11 is 0. The van der Waals surface area contributed by atoms with Gasteiger partial charge in [0.15, 0.2) is 0 Å². The van der Waals surface area contributed by atoms with Gasteiger partial charge in [0.1, 0.15) is 6.54 Å². The van der Waals surface area contributed by atoms with Gasteiger partial charge in [0.05, 0.1) is 17.4 Å². The maximum atomic E-state index is 12.5. The number of amides is 4. The Morgan fingerprint density at radius 3 is 2.00 bits per heavy atom. The monoisotopic (exact) mass is 425 g/mol. The lowest BCUT2D eigenvalue weighted by Gasteiger charge is -2.19. The number of likely N-dealkylation sites (tertiary alicyclic amines) is 1. The van der Waals surface area contributed by atoms with Gasteiger partial charge in [-0.05, 0) is 37.1 Å². The molecule has 1 saturated heterocycles. The van der Waals surface area contributed by atoms with Gasteiger partial charge in [0.2, 0.25) is 17.7 Å². The molecular formula is C20H22F3N3O4. The van der Waals surface area contributed by atoms with E-state index in [0.717, 1.165) is 42.0 Å². The van der Waals surface area contributed by atoms with Gasteiger partial charge in [-0.2, -0.15) is 13.2 Å². The predicted molar refractivity (Wildman–Crippen MR) is 99.0 cm³/mol. The number of fused-ring (bicyclic) bond motifs is 1. The lowest BCUT2D eigenvalue weighted by Crippen LogP contribution is -2.43. The highest BCUT2D eigenvalue weighted by Gasteiger charge is 2.48. The fourth-order valence-electron chi connectivity index (χ4n) is 3.88. The molecule has 0 bridgehead atoms. The highest BCUT2D eigenvalue weighted by molar-refractivity contribution is 6.07. The molecule has 0 unspecified atom stereocenters. The van der Waals surface area contributed by atoms with Gasteiger partial charge >= 0.3 is 6.18 Å². The van der Waals surface area contributed by atoms with Gasteiger partial charge in [-0.3, -0.25) is 24.1 Å². The average molecular weight is 425 g/mol. The number of rotatable bonds is 6. The number of alkyl halides is 3. The van der Waals surface area contributed by atoms with Crippen LogP contribution in [0.2, 0.25) is 0 Å². The Kier molecular flexibility index (Phi) is 6.42. The summed E-state index contributed by atoms with van der Waals surface area (Å²) in [6, 6.07) is 3.78. The van der Waals surface area contributed by atoms with Crippen molar-refractivity contribution in [3.05, 3.63) is 35.4 Å². The van der Waals surface area contributed by atoms with Crippen LogP contribution in [0.3, 0.4) is 0 Å². The molecule has 2 fully saturated rings. The number of hydrogen-bond donors (Lipinski definition) is 2. The fraction of sp³-hybridized carbons (Fsp3) is 0.500. The summed E-state index contributed by atoms with van der Waals surface area (Å²) < 4.78 is 37.6. The van der Waals surface area contributed by atoms with Crippen LogP contribution < -0.4 is 10.6 Å². The van der Waals surface area contributed by atoms with E-state index in [-0.39, 0.29) is 48.8 Å². The second kappa shape index (κ2) is 8.85. The maximum absolute atomic E-state index is 12.5. The van der Waals surface area contributed by atoms with Crippen LogP contribution in [0.25, 0.3) is 0 Å². The number of nitrogens with one attached hydrogen (secondary N) is 2. The summed E-state index contributed by atoms with van der Waals surface area (Å²) in [6.07, 6.45) is -1.33. The number of nitrogens with zero attached hydrogens (tertiary/aromatic N) is 1. The summed E-state index contributed by atoms with van der Waals surface area (Å²) in [5.74, 6) is -2.32. The van der Waals surface area contributed by atoms with Crippen molar-refractivity contribution in [3.8, 4) is 0 Å². The zero-order valence-corrected chi connectivity index (χ0v) is 16.1. The van der Waals surface area contributed by atoms with Crippen molar-refractivity contribution in [2.24, 2.45) is 11.8 Å². The van der Waals surface area contributed by atoms with Gasteiger partial charge in [0, 0.05) is 18.7 Å². The number of imide groups is 1. The summed E-state index contributed by atoms with van der Waals surface area (Å²) in [4.78, 5) is 49.7. The molecule has 10 heteroatoms. The Labute approximate surface area is 171 Å². The Morgan fingerprint density at radius 1 is 0.933 bits per heavy atom. The molecule has 30 heavy (non-hydrogen) atoms. The van der Waals surface area contributed by atoms with Crippen molar-refractivity contribution in [2.45, 2.75) is 31.9 Å². The zero-order chi connectivity index (χ0) is 21.9. The highest BCUT2D eigenvalue weighted by atomic mass is 19.4. The molecule has 1 aliphatic carbocycles. The standard InChI is InChI=1S/C20H22F3N3O4/c21-20(22,23)13-7-5-12(6-8-13)17(28)25-10-9-24-16(27)11-26-18(29)14-3-1-2-4-15(14)19(26)30/h5-8,14-15H,1-4,9-11H2,(H,24,27)(H,25,28)/t14-,15+. The van der Waals surface area contributed by atoms with Crippen molar-refractivity contribution in [1.29, 1.82) is 0 Å². The lowest BCUT2D eigenvalue weighted by atomic mass is 9.81. The Morgan fingerprint density at radius 2 is 1.47 bits per heavy atom. The van der Waals surface area contributed by atoms with Gasteiger partial charge in [-0.25, -0.2) is 0 Å². The molecule has 4 amide bonds. The number of hydrogen-bond acceptors (Lipinski definition) is 4. The van der Waals surface area contributed by atoms with Gasteiger partial charge in [-0.15, -0.1) is 0 Å². The Balaban J connectivity index is 1.41. The normalized spacial score (nSPS) is 21.4. The highest BCUT2D eigenvalue weighted by Crippen LogP contribution is 2.37. The molecule has 1 heterocycles. The molecular weight excluding hydrogens is 403 g/mol. The van der Waals surface area contributed by atoms with Gasteiger partial charge < -0.3 is 10.6 Å². The van der Waals surface area contributed by atoms with Crippen molar-refractivity contribution in [2.75, 3.05) is 19.6 Å². The van der Waals surface area contributed by atoms with E-state index in [1.165, 1.54) is 0 Å². The van der Waals surface area contributed by atoms with Crippen LogP contribution in [0.1, 0.15) is 41.6 Å². The van der Waals surface area contributed by atoms with E-state index in [2.05, 4.69) is 10.6 Å². The summed E-state index contributed by atoms with van der Waals surface area (Å²) in [6.45, 7) is -0.259. The van der Waals surface area contributed by atoms with Crippen LogP contribution in [0.5, 0.6) is 0 Å². The predicted octanol–water partition coefficient (Wildman–Crippen LogP) is 1.73. The minimum atomic E-state index is -4.48. The Hall–Kier alpha value is -2.91. The van der Waals surface area contributed by atoms with E-state index >= 15 is 0 Å². The fourth-order valence-corrected chi connectivity index (χ4v) is 3.88. The summed E-state index contributed by atoms with van der Waals surface area (Å²) in [5.41, 5.74) is -0.789. The molecule has 2 atom stereocenters. The summed E-state index contributed by atoms with van der Waals surface area (Å²) in [5, 5.41) is 5.00. The van der Waals surface area contributed by atoms with Crippen LogP contribution >= 0.6 is 0 Å². The molecule has 0 radical (unpaired) electrons. The SMILES string of the molecule is O=C(CN1C(=O)[C@H]2CCCC[C@H]2C1=O)NCCNC(=O)c1ccc(C(F)(F)F)cc1. The van der Waals surface area contributed by atoms with Gasteiger partial charge in [-0.1, -0.05) is 12.8 Å². The van der Waals surface area contributed by atoms with E-state index < -0.39 is 23.6 Å².